The molecule has 1 heterocycles. The van der Waals surface area contributed by atoms with Gasteiger partial charge in [-0.25, -0.2) is 0 Å². The van der Waals surface area contributed by atoms with Crippen LogP contribution in [0.4, 0.5) is 0 Å². The van der Waals surface area contributed by atoms with E-state index in [-0.39, 0.29) is 17.4 Å². The molecule has 1 aliphatic rings. The second kappa shape index (κ2) is 4.92. The average Bonchev–Trinajstić information content (AvgIpc) is 2.42. The van der Waals surface area contributed by atoms with E-state index in [0.29, 0.717) is 13.0 Å². The monoisotopic (exact) mass is 244 g/mol. The Bertz CT molecular complexity index is 288. The minimum atomic E-state index is -0.689. The van der Waals surface area contributed by atoms with E-state index >= 15 is 0 Å². The lowest BCUT2D eigenvalue weighted by Crippen LogP contribution is -2.44. The van der Waals surface area contributed by atoms with Crippen LogP contribution in [0.1, 0.15) is 41.0 Å². The van der Waals surface area contributed by atoms with Gasteiger partial charge in [0.25, 0.3) is 0 Å². The molecule has 0 aliphatic carbocycles. The Balaban J connectivity index is 2.49. The zero-order chi connectivity index (χ0) is 13.3. The van der Waals surface area contributed by atoms with E-state index in [9.17, 15) is 9.90 Å². The molecule has 3 atom stereocenters. The minimum Gasteiger partial charge on any atom is -0.460 e. The number of ether oxygens (including phenoxy) is 1. The fraction of sp³-hybridized carbons (Fsp3) is 0.917. The average molecular weight is 244 g/mol. The van der Waals surface area contributed by atoms with Crippen molar-refractivity contribution in [3.05, 3.63) is 0 Å². The predicted octanol–water partition coefficient (Wildman–Crippen LogP) is 0.582. The number of carbonyl (C=O) groups excluding carboxylic acids is 1. The molecular formula is C12H24N2O3. The number of aliphatic hydroxyl groups excluding tert-OH is 1. The molecule has 0 aromatic rings. The lowest BCUT2D eigenvalue weighted by Gasteiger charge is -2.28. The molecule has 1 unspecified atom stereocenters. The highest BCUT2D eigenvalue weighted by atomic mass is 16.6. The van der Waals surface area contributed by atoms with E-state index in [1.165, 1.54) is 0 Å². The van der Waals surface area contributed by atoms with Gasteiger partial charge in [0.15, 0.2) is 6.35 Å². The second-order valence-corrected chi connectivity index (χ2v) is 6.13. The van der Waals surface area contributed by atoms with Crippen molar-refractivity contribution in [1.29, 1.82) is 0 Å². The Labute approximate surface area is 103 Å². The van der Waals surface area contributed by atoms with Crippen LogP contribution in [0, 0.1) is 5.92 Å². The maximum Gasteiger partial charge on any atom is 0.309 e. The molecule has 0 radical (unpaired) electrons. The molecular weight excluding hydrogens is 220 g/mol. The van der Waals surface area contributed by atoms with Crippen molar-refractivity contribution in [2.24, 2.45) is 5.92 Å². The third-order valence-corrected chi connectivity index (χ3v) is 2.74. The normalized spacial score (nSPS) is 31.3. The molecule has 1 saturated heterocycles. The lowest BCUT2D eigenvalue weighted by atomic mass is 9.90. The van der Waals surface area contributed by atoms with Crippen LogP contribution in [0.25, 0.3) is 0 Å². The van der Waals surface area contributed by atoms with Crippen molar-refractivity contribution >= 4 is 5.97 Å². The van der Waals surface area contributed by atoms with Gasteiger partial charge in [-0.2, -0.15) is 0 Å². The van der Waals surface area contributed by atoms with Crippen molar-refractivity contribution < 1.29 is 14.6 Å². The van der Waals surface area contributed by atoms with Crippen LogP contribution in [0.5, 0.6) is 0 Å². The highest BCUT2D eigenvalue weighted by molar-refractivity contribution is 5.72. The summed E-state index contributed by atoms with van der Waals surface area (Å²) in [4.78, 5) is 11.8. The lowest BCUT2D eigenvalue weighted by molar-refractivity contribution is -0.160. The van der Waals surface area contributed by atoms with E-state index in [0.717, 1.165) is 0 Å². The van der Waals surface area contributed by atoms with E-state index in [2.05, 4.69) is 10.6 Å². The van der Waals surface area contributed by atoms with Gasteiger partial charge in [-0.1, -0.05) is 6.92 Å². The molecule has 1 rings (SSSR count). The number of carbonyl (C=O) groups is 1. The third kappa shape index (κ3) is 4.61. The zero-order valence-electron chi connectivity index (χ0n) is 11.3. The topological polar surface area (TPSA) is 70.6 Å². The van der Waals surface area contributed by atoms with E-state index in [4.69, 9.17) is 4.74 Å². The van der Waals surface area contributed by atoms with Gasteiger partial charge >= 0.3 is 5.97 Å². The minimum absolute atomic E-state index is 0.193. The predicted molar refractivity (Wildman–Crippen MR) is 65.2 cm³/mol. The molecule has 0 spiro atoms. The Kier molecular flexibility index (Phi) is 4.17. The molecule has 0 aromatic heterocycles. The largest absolute Gasteiger partial charge is 0.460 e. The summed E-state index contributed by atoms with van der Waals surface area (Å²) < 4.78 is 5.33. The smallest absolute Gasteiger partial charge is 0.309 e. The number of hydrogen-bond donors (Lipinski definition) is 3. The van der Waals surface area contributed by atoms with E-state index in [1.807, 2.05) is 34.6 Å². The molecule has 5 nitrogen and oxygen atoms in total. The highest BCUT2D eigenvalue weighted by Gasteiger charge is 2.36. The first-order chi connectivity index (χ1) is 7.61. The van der Waals surface area contributed by atoms with Crippen molar-refractivity contribution in [2.45, 2.75) is 58.5 Å². The summed E-state index contributed by atoms with van der Waals surface area (Å²) in [5, 5.41) is 15.3. The van der Waals surface area contributed by atoms with Crippen LogP contribution >= 0.6 is 0 Å². The number of nitrogens with one attached hydrogen (secondary N) is 2. The first-order valence-corrected chi connectivity index (χ1v) is 6.03. The first-order valence-electron chi connectivity index (χ1n) is 6.03. The Morgan fingerprint density at radius 3 is 2.59 bits per heavy atom. The summed E-state index contributed by atoms with van der Waals surface area (Å²) >= 11 is 0. The summed E-state index contributed by atoms with van der Waals surface area (Å²) in [5.41, 5.74) is -0.719. The van der Waals surface area contributed by atoms with Gasteiger partial charge < -0.3 is 9.84 Å². The highest BCUT2D eigenvalue weighted by Crippen LogP contribution is 2.22. The van der Waals surface area contributed by atoms with Crippen LogP contribution in [0.3, 0.4) is 0 Å². The maximum atomic E-state index is 11.8. The summed E-state index contributed by atoms with van der Waals surface area (Å²) in [6, 6.07) is 0. The molecule has 1 fully saturated rings. The zero-order valence-corrected chi connectivity index (χ0v) is 11.3. The molecule has 0 amide bonds. The van der Waals surface area contributed by atoms with Gasteiger partial charge in [0.2, 0.25) is 0 Å². The fourth-order valence-corrected chi connectivity index (χ4v) is 2.05. The number of aliphatic hydroxyl groups is 1. The van der Waals surface area contributed by atoms with Gasteiger partial charge in [-0.15, -0.1) is 0 Å². The van der Waals surface area contributed by atoms with Crippen LogP contribution < -0.4 is 10.6 Å². The molecule has 17 heavy (non-hydrogen) atoms. The Morgan fingerprint density at radius 1 is 1.59 bits per heavy atom. The van der Waals surface area contributed by atoms with Crippen LogP contribution in [-0.4, -0.2) is 35.1 Å². The van der Waals surface area contributed by atoms with Gasteiger partial charge in [0.1, 0.15) is 5.60 Å². The van der Waals surface area contributed by atoms with Crippen molar-refractivity contribution in [2.75, 3.05) is 6.54 Å². The van der Waals surface area contributed by atoms with Gasteiger partial charge in [-0.3, -0.25) is 15.4 Å². The van der Waals surface area contributed by atoms with Crippen molar-refractivity contribution in [3.8, 4) is 0 Å². The summed E-state index contributed by atoms with van der Waals surface area (Å²) in [6.07, 6.45) is -0.0581. The van der Waals surface area contributed by atoms with E-state index < -0.39 is 12.0 Å². The first kappa shape index (κ1) is 14.4. The molecule has 0 aromatic carbocycles. The number of rotatable bonds is 3. The Hall–Kier alpha value is -0.650. The number of esters is 1. The van der Waals surface area contributed by atoms with Crippen LogP contribution in [0.15, 0.2) is 0 Å². The quantitative estimate of drug-likeness (QED) is 0.634. The molecule has 3 N–H and O–H groups in total. The SMILES string of the molecule is C[C@@H](C[C@]1(C)CNC(O)N1)C(=O)OC(C)(C)C. The fourth-order valence-electron chi connectivity index (χ4n) is 2.05. The Morgan fingerprint density at radius 2 is 2.18 bits per heavy atom. The van der Waals surface area contributed by atoms with Crippen molar-refractivity contribution in [3.63, 3.8) is 0 Å². The number of hydrogen-bond acceptors (Lipinski definition) is 5. The molecule has 100 valence electrons. The molecule has 0 bridgehead atoms. The standard InChI is InChI=1S/C12H24N2O3/c1-8(9(15)17-11(2,3)4)6-12(5)7-13-10(16)14-12/h8,10,13-14,16H,6-7H2,1-5H3/t8-,10?,12+/m0/s1. The third-order valence-electron chi connectivity index (χ3n) is 2.74. The summed E-state index contributed by atoms with van der Waals surface area (Å²) in [7, 11) is 0. The maximum absolute atomic E-state index is 11.8. The second-order valence-electron chi connectivity index (χ2n) is 6.13. The van der Waals surface area contributed by atoms with Gasteiger partial charge in [-0.05, 0) is 34.1 Å². The van der Waals surface area contributed by atoms with E-state index in [1.54, 1.807) is 0 Å². The van der Waals surface area contributed by atoms with Gasteiger partial charge in [0, 0.05) is 12.1 Å². The molecule has 1 aliphatic heterocycles. The molecule has 0 saturated carbocycles. The van der Waals surface area contributed by atoms with Crippen molar-refractivity contribution in [1.82, 2.24) is 10.6 Å². The summed E-state index contributed by atoms with van der Waals surface area (Å²) in [5.74, 6) is -0.388. The summed E-state index contributed by atoms with van der Waals surface area (Å²) in [6.45, 7) is 10.1. The van der Waals surface area contributed by atoms with Crippen LogP contribution in [-0.2, 0) is 9.53 Å². The molecule has 5 heteroatoms. The van der Waals surface area contributed by atoms with Crippen LogP contribution in [0.2, 0.25) is 0 Å². The van der Waals surface area contributed by atoms with Gasteiger partial charge in [0.05, 0.1) is 5.92 Å².